The molecule has 0 aliphatic carbocycles. The molecule has 3 nitrogen and oxygen atoms in total. The lowest BCUT2D eigenvalue weighted by Gasteiger charge is -2.14. The number of hydrogen-bond donors (Lipinski definition) is 1. The molecule has 0 fully saturated rings. The second-order valence-electron chi connectivity index (χ2n) is 3.48. The Kier molecular flexibility index (Phi) is 3.64. The Balaban J connectivity index is 2.16. The summed E-state index contributed by atoms with van der Waals surface area (Å²) in [6.45, 7) is 0. The maximum absolute atomic E-state index is 5.36. The predicted octanol–water partition coefficient (Wildman–Crippen LogP) is 2.85. The lowest BCUT2D eigenvalue weighted by molar-refractivity contribution is 0.400. The predicted molar refractivity (Wildman–Crippen MR) is 65.1 cm³/mol. The molecule has 2 rings (SSSR count). The molecule has 0 saturated heterocycles. The van der Waals surface area contributed by atoms with E-state index in [-0.39, 0.29) is 6.04 Å². The topological polar surface area (TPSA) is 34.4 Å². The molecule has 86 valence electrons. The van der Waals surface area contributed by atoms with Gasteiger partial charge in [-0.3, -0.25) is 0 Å². The number of ether oxygens (including phenoxy) is 1. The minimum atomic E-state index is 0.237. The smallest absolute Gasteiger partial charge is 0.134 e. The average molecular weight is 237 g/mol. The van der Waals surface area contributed by atoms with Crippen molar-refractivity contribution in [1.29, 1.82) is 0 Å². The van der Waals surface area contributed by atoms with Crippen LogP contribution in [0.3, 0.4) is 0 Å². The van der Waals surface area contributed by atoms with Crippen LogP contribution in [0.5, 0.6) is 5.75 Å². The molecule has 0 saturated carbocycles. The largest absolute Gasteiger partial charge is 0.496 e. The van der Waals surface area contributed by atoms with Gasteiger partial charge in [-0.1, -0.05) is 0 Å². The first-order valence-corrected chi connectivity index (χ1v) is 6.04. The third-order valence-corrected chi connectivity index (χ3v) is 3.54. The van der Waals surface area contributed by atoms with Crippen LogP contribution in [0.1, 0.15) is 16.7 Å². The molecule has 0 aliphatic heterocycles. The van der Waals surface area contributed by atoms with E-state index >= 15 is 0 Å². The highest BCUT2D eigenvalue weighted by Gasteiger charge is 2.17. The minimum absolute atomic E-state index is 0.237. The fourth-order valence-corrected chi connectivity index (χ4v) is 2.66. The molecule has 0 aromatic carbocycles. The van der Waals surface area contributed by atoms with E-state index in [1.54, 1.807) is 24.7 Å². The third kappa shape index (κ3) is 2.28. The molecule has 0 amide bonds. The van der Waals surface area contributed by atoms with Crippen molar-refractivity contribution in [2.75, 3.05) is 14.2 Å². The van der Waals surface area contributed by atoms with Crippen LogP contribution in [0.15, 0.2) is 34.3 Å². The third-order valence-electron chi connectivity index (χ3n) is 2.53. The number of methoxy groups -OCH3 is 1. The molecule has 1 N–H and O–H groups in total. The molecule has 2 aromatic heterocycles. The van der Waals surface area contributed by atoms with Crippen molar-refractivity contribution in [2.24, 2.45) is 0 Å². The zero-order valence-electron chi connectivity index (χ0n) is 9.40. The molecule has 0 bridgehead atoms. The Morgan fingerprint density at radius 3 is 3.00 bits per heavy atom. The van der Waals surface area contributed by atoms with Gasteiger partial charge >= 0.3 is 0 Å². The standard InChI is InChI=1S/C12H15NO2S/c1-13-10(8-9-4-3-6-15-9)12-11(14-2)5-7-16-12/h3-7,10,13H,8H2,1-2H3. The van der Waals surface area contributed by atoms with Crippen LogP contribution in [0, 0.1) is 0 Å². The van der Waals surface area contributed by atoms with Gasteiger partial charge in [0.1, 0.15) is 11.5 Å². The Morgan fingerprint density at radius 1 is 1.50 bits per heavy atom. The quantitative estimate of drug-likeness (QED) is 0.868. The van der Waals surface area contributed by atoms with E-state index in [2.05, 4.69) is 5.32 Å². The summed E-state index contributed by atoms with van der Waals surface area (Å²) in [5.74, 6) is 1.92. The van der Waals surface area contributed by atoms with Gasteiger partial charge < -0.3 is 14.5 Å². The summed E-state index contributed by atoms with van der Waals surface area (Å²) in [5.41, 5.74) is 0. The van der Waals surface area contributed by atoms with Gasteiger partial charge in [-0.2, -0.15) is 0 Å². The number of likely N-dealkylation sites (N-methyl/N-ethyl adjacent to an activating group) is 1. The molecule has 1 unspecified atom stereocenters. The number of rotatable bonds is 5. The number of thiophene rings is 1. The van der Waals surface area contributed by atoms with Crippen LogP contribution in [0.25, 0.3) is 0 Å². The fraction of sp³-hybridized carbons (Fsp3) is 0.333. The van der Waals surface area contributed by atoms with E-state index in [9.17, 15) is 0 Å². The maximum Gasteiger partial charge on any atom is 0.134 e. The van der Waals surface area contributed by atoms with Gasteiger partial charge in [-0.25, -0.2) is 0 Å². The van der Waals surface area contributed by atoms with Crippen LogP contribution in [-0.2, 0) is 6.42 Å². The second-order valence-corrected chi connectivity index (χ2v) is 4.43. The summed E-state index contributed by atoms with van der Waals surface area (Å²) in [6, 6.07) is 6.13. The Morgan fingerprint density at radius 2 is 2.38 bits per heavy atom. The lowest BCUT2D eigenvalue weighted by atomic mass is 10.1. The highest BCUT2D eigenvalue weighted by molar-refractivity contribution is 7.10. The molecule has 0 aliphatic rings. The van der Waals surface area contributed by atoms with Crippen molar-refractivity contribution < 1.29 is 9.15 Å². The van der Waals surface area contributed by atoms with Gasteiger partial charge in [0, 0.05) is 6.42 Å². The van der Waals surface area contributed by atoms with E-state index < -0.39 is 0 Å². The molecular weight excluding hydrogens is 222 g/mol. The summed E-state index contributed by atoms with van der Waals surface area (Å²) in [6.07, 6.45) is 2.54. The van der Waals surface area contributed by atoms with E-state index in [0.717, 1.165) is 17.9 Å². The van der Waals surface area contributed by atoms with Gasteiger partial charge in [0.2, 0.25) is 0 Å². The number of nitrogens with one attached hydrogen (secondary N) is 1. The van der Waals surface area contributed by atoms with Crippen molar-refractivity contribution in [3.8, 4) is 5.75 Å². The SMILES string of the molecule is CNC(Cc1ccco1)c1sccc1OC. The molecule has 0 spiro atoms. The van der Waals surface area contributed by atoms with E-state index in [0.29, 0.717) is 0 Å². The minimum Gasteiger partial charge on any atom is -0.496 e. The second kappa shape index (κ2) is 5.18. The van der Waals surface area contributed by atoms with Crippen molar-refractivity contribution in [2.45, 2.75) is 12.5 Å². The van der Waals surface area contributed by atoms with Crippen molar-refractivity contribution >= 4 is 11.3 Å². The first-order valence-electron chi connectivity index (χ1n) is 5.16. The lowest BCUT2D eigenvalue weighted by Crippen LogP contribution is -2.18. The van der Waals surface area contributed by atoms with Crippen LogP contribution in [0.2, 0.25) is 0 Å². The molecule has 2 aromatic rings. The molecular formula is C12H15NO2S. The van der Waals surface area contributed by atoms with E-state index in [1.807, 2.05) is 30.6 Å². The summed E-state index contributed by atoms with van der Waals surface area (Å²) in [5, 5.41) is 5.33. The van der Waals surface area contributed by atoms with Crippen LogP contribution in [-0.4, -0.2) is 14.2 Å². The van der Waals surface area contributed by atoms with Crippen LogP contribution in [0.4, 0.5) is 0 Å². The summed E-state index contributed by atoms with van der Waals surface area (Å²) in [7, 11) is 3.65. The molecule has 4 heteroatoms. The maximum atomic E-state index is 5.36. The molecule has 0 radical (unpaired) electrons. The van der Waals surface area contributed by atoms with Crippen molar-refractivity contribution in [3.05, 3.63) is 40.5 Å². The van der Waals surface area contributed by atoms with Gasteiger partial charge in [0.25, 0.3) is 0 Å². The average Bonchev–Trinajstić information content (AvgIpc) is 2.96. The highest BCUT2D eigenvalue weighted by Crippen LogP contribution is 2.32. The summed E-state index contributed by atoms with van der Waals surface area (Å²) < 4.78 is 10.7. The summed E-state index contributed by atoms with van der Waals surface area (Å²) in [4.78, 5) is 1.21. The number of furan rings is 1. The van der Waals surface area contributed by atoms with E-state index in [4.69, 9.17) is 9.15 Å². The van der Waals surface area contributed by atoms with E-state index in [1.165, 1.54) is 4.88 Å². The zero-order chi connectivity index (χ0) is 11.4. The Bertz CT molecular complexity index is 422. The molecule has 1 atom stereocenters. The number of hydrogen-bond acceptors (Lipinski definition) is 4. The van der Waals surface area contributed by atoms with Crippen molar-refractivity contribution in [3.63, 3.8) is 0 Å². The van der Waals surface area contributed by atoms with Crippen molar-refractivity contribution in [1.82, 2.24) is 5.32 Å². The van der Waals surface area contributed by atoms with Gasteiger partial charge in [0.05, 0.1) is 24.3 Å². The van der Waals surface area contributed by atoms with Crippen LogP contribution >= 0.6 is 11.3 Å². The molecule has 16 heavy (non-hydrogen) atoms. The fourth-order valence-electron chi connectivity index (χ4n) is 1.69. The van der Waals surface area contributed by atoms with Crippen LogP contribution < -0.4 is 10.1 Å². The normalized spacial score (nSPS) is 12.6. The summed E-state index contributed by atoms with van der Waals surface area (Å²) >= 11 is 1.70. The van der Waals surface area contributed by atoms with Gasteiger partial charge in [-0.15, -0.1) is 11.3 Å². The highest BCUT2D eigenvalue weighted by atomic mass is 32.1. The Labute approximate surface area is 99.0 Å². The molecule has 2 heterocycles. The van der Waals surface area contributed by atoms with Gasteiger partial charge in [-0.05, 0) is 30.6 Å². The first-order chi connectivity index (χ1) is 7.85. The zero-order valence-corrected chi connectivity index (χ0v) is 10.2. The monoisotopic (exact) mass is 237 g/mol. The first kappa shape index (κ1) is 11.2. The van der Waals surface area contributed by atoms with Gasteiger partial charge in [0.15, 0.2) is 0 Å². The Hall–Kier alpha value is -1.26.